The number of likely N-dealkylation sites (tertiary alicyclic amines) is 1. The molecule has 5 rings (SSSR count). The third-order valence-electron chi connectivity index (χ3n) is 6.26. The number of rotatable bonds is 3. The molecule has 0 bridgehead atoms. The minimum atomic E-state index is -0.106. The first-order valence-electron chi connectivity index (χ1n) is 9.64. The fraction of sp³-hybridized carbons (Fsp3) is 0.381. The highest BCUT2D eigenvalue weighted by molar-refractivity contribution is 5.92. The Morgan fingerprint density at radius 3 is 3.04 bits per heavy atom. The number of carbonyl (C=O) groups is 1. The Morgan fingerprint density at radius 2 is 2.25 bits per heavy atom. The number of aromatic nitrogens is 3. The molecule has 2 aromatic heterocycles. The maximum atomic E-state index is 12.9. The maximum absolute atomic E-state index is 12.9. The van der Waals surface area contributed by atoms with E-state index in [1.165, 1.54) is 16.5 Å². The summed E-state index contributed by atoms with van der Waals surface area (Å²) in [6.07, 6.45) is 8.56. The van der Waals surface area contributed by atoms with Gasteiger partial charge in [0.1, 0.15) is 6.73 Å². The van der Waals surface area contributed by atoms with E-state index in [2.05, 4.69) is 51.6 Å². The van der Waals surface area contributed by atoms with Crippen LogP contribution in [0, 0.1) is 5.92 Å². The number of hydrogen-bond donors (Lipinski definition) is 2. The molecule has 1 aliphatic carbocycles. The van der Waals surface area contributed by atoms with Gasteiger partial charge in [0.2, 0.25) is 5.91 Å². The Kier molecular flexibility index (Phi) is 4.14. The maximum Gasteiger partial charge on any atom is 0.229 e. The van der Waals surface area contributed by atoms with Crippen molar-refractivity contribution in [2.24, 2.45) is 5.92 Å². The van der Waals surface area contributed by atoms with E-state index in [1.54, 1.807) is 18.6 Å². The van der Waals surface area contributed by atoms with Crippen molar-refractivity contribution in [2.45, 2.75) is 31.5 Å². The van der Waals surface area contributed by atoms with Gasteiger partial charge in [-0.15, -0.1) is 0 Å². The van der Waals surface area contributed by atoms with E-state index >= 15 is 0 Å². The fourth-order valence-corrected chi connectivity index (χ4v) is 5.02. The average molecular weight is 377 g/mol. The highest BCUT2D eigenvalue weighted by Crippen LogP contribution is 2.45. The molecule has 3 atom stereocenters. The van der Waals surface area contributed by atoms with Crippen LogP contribution in [0.15, 0.2) is 43.0 Å². The summed E-state index contributed by atoms with van der Waals surface area (Å²) in [5.41, 5.74) is 3.65. The van der Waals surface area contributed by atoms with Gasteiger partial charge in [0.05, 0.1) is 17.6 Å². The molecule has 1 aliphatic heterocycles. The van der Waals surface area contributed by atoms with Crippen molar-refractivity contribution in [3.05, 3.63) is 54.1 Å². The summed E-state index contributed by atoms with van der Waals surface area (Å²) in [6, 6.07) is 6.66. The molecular formula is C21H23N5O2. The Balaban J connectivity index is 1.47. The molecule has 1 fully saturated rings. The standard InChI is InChI=1S/C21H23N5O2/c1-25-10-14(21(28)24-19-9-22-5-6-23-19)7-16-15-3-2-4-17-20(15)13(8-18(16)25)11-26(17)12-27/h2-6,9,11,14,16,18,27H,7-8,10,12H2,1H3,(H,23,24,28)/t14-,16-,18-/m1/s1. The Morgan fingerprint density at radius 1 is 1.36 bits per heavy atom. The van der Waals surface area contributed by atoms with Crippen LogP contribution < -0.4 is 5.32 Å². The van der Waals surface area contributed by atoms with Crippen LogP contribution in [0.2, 0.25) is 0 Å². The van der Waals surface area contributed by atoms with E-state index in [-0.39, 0.29) is 18.6 Å². The number of piperidine rings is 1. The van der Waals surface area contributed by atoms with E-state index in [9.17, 15) is 9.90 Å². The number of hydrogen-bond acceptors (Lipinski definition) is 5. The highest BCUT2D eigenvalue weighted by Gasteiger charge is 2.41. The summed E-state index contributed by atoms with van der Waals surface area (Å²) in [5.74, 6) is 0.675. The van der Waals surface area contributed by atoms with Crippen molar-refractivity contribution in [3.63, 3.8) is 0 Å². The number of nitrogens with zero attached hydrogens (tertiary/aromatic N) is 4. The van der Waals surface area contributed by atoms with Crippen LogP contribution in [0.1, 0.15) is 23.5 Å². The Labute approximate surface area is 163 Å². The van der Waals surface area contributed by atoms with E-state index in [0.717, 1.165) is 24.9 Å². The van der Waals surface area contributed by atoms with Crippen molar-refractivity contribution in [1.29, 1.82) is 0 Å². The summed E-state index contributed by atoms with van der Waals surface area (Å²) in [5, 5.41) is 13.9. The number of aliphatic hydroxyl groups is 1. The van der Waals surface area contributed by atoms with Crippen LogP contribution in [-0.2, 0) is 17.9 Å². The van der Waals surface area contributed by atoms with Crippen LogP contribution in [0.4, 0.5) is 5.82 Å². The quantitative estimate of drug-likeness (QED) is 0.729. The van der Waals surface area contributed by atoms with E-state index < -0.39 is 0 Å². The zero-order chi connectivity index (χ0) is 19.3. The van der Waals surface area contributed by atoms with Gasteiger partial charge in [-0.1, -0.05) is 12.1 Å². The van der Waals surface area contributed by atoms with Crippen molar-refractivity contribution in [1.82, 2.24) is 19.4 Å². The largest absolute Gasteiger partial charge is 0.376 e. The predicted molar refractivity (Wildman–Crippen MR) is 106 cm³/mol. The second-order valence-electron chi connectivity index (χ2n) is 7.84. The van der Waals surface area contributed by atoms with Gasteiger partial charge in [0.25, 0.3) is 0 Å². The first-order valence-corrected chi connectivity index (χ1v) is 9.64. The minimum Gasteiger partial charge on any atom is -0.376 e. The third-order valence-corrected chi connectivity index (χ3v) is 6.26. The number of fused-ring (bicyclic) bond motifs is 2. The van der Waals surface area contributed by atoms with E-state index in [1.807, 2.05) is 4.57 Å². The number of likely N-dealkylation sites (N-methyl/N-ethyl adjacent to an activating group) is 1. The normalized spacial score (nSPS) is 24.1. The lowest BCUT2D eigenvalue weighted by molar-refractivity contribution is -0.122. The van der Waals surface area contributed by atoms with Crippen LogP contribution in [-0.4, -0.2) is 50.1 Å². The molecule has 0 radical (unpaired) electrons. The van der Waals surface area contributed by atoms with Crippen molar-refractivity contribution in [3.8, 4) is 0 Å². The number of amides is 1. The topological polar surface area (TPSA) is 83.3 Å². The molecule has 1 aromatic carbocycles. The van der Waals surface area contributed by atoms with Gasteiger partial charge in [-0.05, 0) is 37.1 Å². The van der Waals surface area contributed by atoms with Gasteiger partial charge in [0, 0.05) is 42.5 Å². The summed E-state index contributed by atoms with van der Waals surface area (Å²) in [4.78, 5) is 23.4. The molecule has 1 amide bonds. The minimum absolute atomic E-state index is 0.00306. The molecule has 2 N–H and O–H groups in total. The van der Waals surface area contributed by atoms with Crippen LogP contribution >= 0.6 is 0 Å². The van der Waals surface area contributed by atoms with Gasteiger partial charge >= 0.3 is 0 Å². The van der Waals surface area contributed by atoms with Crippen LogP contribution in [0.5, 0.6) is 0 Å². The molecule has 3 heterocycles. The zero-order valence-corrected chi connectivity index (χ0v) is 15.7. The van der Waals surface area contributed by atoms with Gasteiger partial charge in [-0.3, -0.25) is 9.78 Å². The number of nitrogens with one attached hydrogen (secondary N) is 1. The van der Waals surface area contributed by atoms with Crippen molar-refractivity contribution in [2.75, 3.05) is 18.9 Å². The van der Waals surface area contributed by atoms with E-state index in [4.69, 9.17) is 0 Å². The van der Waals surface area contributed by atoms with Gasteiger partial charge < -0.3 is 19.9 Å². The second-order valence-corrected chi connectivity index (χ2v) is 7.84. The monoisotopic (exact) mass is 377 g/mol. The predicted octanol–water partition coefficient (Wildman–Crippen LogP) is 1.98. The van der Waals surface area contributed by atoms with Gasteiger partial charge in [-0.25, -0.2) is 4.98 Å². The molecule has 7 nitrogen and oxygen atoms in total. The highest BCUT2D eigenvalue weighted by atomic mass is 16.3. The Hall–Kier alpha value is -2.77. The lowest BCUT2D eigenvalue weighted by Crippen LogP contribution is -2.50. The van der Waals surface area contributed by atoms with Crippen molar-refractivity contribution >= 4 is 22.6 Å². The lowest BCUT2D eigenvalue weighted by atomic mass is 9.72. The summed E-state index contributed by atoms with van der Waals surface area (Å²) >= 11 is 0. The summed E-state index contributed by atoms with van der Waals surface area (Å²) in [6.45, 7) is 0.702. The molecule has 7 heteroatoms. The van der Waals surface area contributed by atoms with Crippen LogP contribution in [0.3, 0.4) is 0 Å². The molecule has 1 saturated heterocycles. The van der Waals surface area contributed by atoms with Crippen LogP contribution in [0.25, 0.3) is 10.9 Å². The summed E-state index contributed by atoms with van der Waals surface area (Å²) in [7, 11) is 2.10. The molecule has 0 saturated carbocycles. The SMILES string of the molecule is CN1C[C@H](C(=O)Nc2cnccn2)C[C@@H]2c3cccc4c3c(cn4CO)C[C@H]21. The van der Waals surface area contributed by atoms with Gasteiger partial charge in [0.15, 0.2) is 5.82 Å². The smallest absolute Gasteiger partial charge is 0.229 e. The molecular weight excluding hydrogens is 354 g/mol. The molecule has 2 aliphatic rings. The summed E-state index contributed by atoms with van der Waals surface area (Å²) < 4.78 is 1.91. The third kappa shape index (κ3) is 2.70. The number of anilines is 1. The molecule has 28 heavy (non-hydrogen) atoms. The number of carbonyl (C=O) groups excluding carboxylic acids is 1. The molecule has 3 aromatic rings. The van der Waals surface area contributed by atoms with E-state index in [0.29, 0.717) is 17.8 Å². The molecule has 0 spiro atoms. The zero-order valence-electron chi connectivity index (χ0n) is 15.7. The molecule has 0 unspecified atom stereocenters. The fourth-order valence-electron chi connectivity index (χ4n) is 5.02. The Bertz CT molecular complexity index is 1030. The molecule has 144 valence electrons. The lowest BCUT2D eigenvalue weighted by Gasteiger charge is -2.45. The number of aliphatic hydroxyl groups excluding tert-OH is 1. The first kappa shape index (κ1) is 17.3. The van der Waals surface area contributed by atoms with Gasteiger partial charge in [-0.2, -0.15) is 0 Å². The number of benzene rings is 1. The average Bonchev–Trinajstić information content (AvgIpc) is 3.08. The second kappa shape index (κ2) is 6.68. The first-order chi connectivity index (χ1) is 13.7. The van der Waals surface area contributed by atoms with Crippen molar-refractivity contribution < 1.29 is 9.90 Å².